The molecule has 4 rings (SSSR count). The van der Waals surface area contributed by atoms with E-state index in [-0.39, 0.29) is 11.5 Å². The average Bonchev–Trinajstić information content (AvgIpc) is 2.84. The van der Waals surface area contributed by atoms with Crippen LogP contribution in [-0.2, 0) is 0 Å². The van der Waals surface area contributed by atoms with Crippen molar-refractivity contribution in [1.82, 2.24) is 9.55 Å². The number of benzene rings is 3. The summed E-state index contributed by atoms with van der Waals surface area (Å²) in [5.74, 6) is 1.30. The van der Waals surface area contributed by atoms with E-state index in [2.05, 4.69) is 10.3 Å². The number of anilines is 1. The number of aromatic nitrogens is 2. The Balaban J connectivity index is 1.72. The van der Waals surface area contributed by atoms with Crippen molar-refractivity contribution in [1.29, 1.82) is 0 Å². The van der Waals surface area contributed by atoms with Crippen molar-refractivity contribution >= 4 is 22.5 Å². The summed E-state index contributed by atoms with van der Waals surface area (Å²) in [5.41, 5.74) is 1.53. The summed E-state index contributed by atoms with van der Waals surface area (Å²) in [6.07, 6.45) is 1.41. The van der Waals surface area contributed by atoms with Crippen LogP contribution in [0.2, 0.25) is 0 Å². The summed E-state index contributed by atoms with van der Waals surface area (Å²) in [7, 11) is 4.61. The minimum atomic E-state index is -0.336. The van der Waals surface area contributed by atoms with E-state index in [0.29, 0.717) is 45.1 Å². The van der Waals surface area contributed by atoms with E-state index >= 15 is 0 Å². The number of nitrogens with one attached hydrogen (secondary N) is 1. The number of para-hydroxylation sites is 2. The Bertz CT molecular complexity index is 1360. The predicted octanol–water partition coefficient (Wildman–Crippen LogP) is 3.66. The molecule has 0 bridgehead atoms. The molecule has 0 spiro atoms. The van der Waals surface area contributed by atoms with Gasteiger partial charge in [0.2, 0.25) is 0 Å². The summed E-state index contributed by atoms with van der Waals surface area (Å²) < 4.78 is 17.3. The highest BCUT2D eigenvalue weighted by Crippen LogP contribution is 2.27. The monoisotopic (exact) mass is 431 g/mol. The molecule has 0 radical (unpaired) electrons. The van der Waals surface area contributed by atoms with Crippen molar-refractivity contribution in [3.8, 4) is 22.9 Å². The highest BCUT2D eigenvalue weighted by atomic mass is 16.5. The smallest absolute Gasteiger partial charge is 0.265 e. The highest BCUT2D eigenvalue weighted by Gasteiger charge is 2.14. The first kappa shape index (κ1) is 20.9. The van der Waals surface area contributed by atoms with Crippen LogP contribution in [0.5, 0.6) is 17.2 Å². The summed E-state index contributed by atoms with van der Waals surface area (Å²) >= 11 is 0. The molecule has 32 heavy (non-hydrogen) atoms. The molecule has 1 amide bonds. The Morgan fingerprint density at radius 2 is 1.69 bits per heavy atom. The van der Waals surface area contributed by atoms with Crippen LogP contribution in [0.4, 0.5) is 5.69 Å². The molecule has 0 saturated carbocycles. The number of ether oxygens (including phenoxy) is 3. The zero-order valence-corrected chi connectivity index (χ0v) is 17.8. The Labute approximate surface area is 184 Å². The lowest BCUT2D eigenvalue weighted by molar-refractivity contribution is 0.102. The standard InChI is InChI=1S/C24H21N3O5/c1-30-16-9-11-22(32-3)20(13-16)27-14-25-19-12-15(8-10-17(19)24(27)29)23(28)26-18-6-4-5-7-21(18)31-2/h4-14H,1-3H3,(H,26,28). The zero-order valence-electron chi connectivity index (χ0n) is 17.8. The van der Waals surface area contributed by atoms with Gasteiger partial charge in [0.05, 0.1) is 43.6 Å². The second-order valence-electron chi connectivity index (χ2n) is 6.84. The molecule has 1 aromatic heterocycles. The van der Waals surface area contributed by atoms with E-state index in [1.165, 1.54) is 25.1 Å². The van der Waals surface area contributed by atoms with Gasteiger partial charge in [0.1, 0.15) is 23.6 Å². The van der Waals surface area contributed by atoms with Crippen LogP contribution in [0, 0.1) is 0 Å². The molecule has 8 nitrogen and oxygen atoms in total. The SMILES string of the molecule is COc1ccc(OC)c(-n2cnc3cc(C(=O)Nc4ccccc4OC)ccc3c2=O)c1. The minimum absolute atomic E-state index is 0.293. The van der Waals surface area contributed by atoms with Crippen LogP contribution >= 0.6 is 0 Å². The van der Waals surface area contributed by atoms with Crippen LogP contribution in [0.25, 0.3) is 16.6 Å². The molecule has 3 aromatic carbocycles. The van der Waals surface area contributed by atoms with Gasteiger partial charge in [-0.2, -0.15) is 0 Å². The highest BCUT2D eigenvalue weighted by molar-refractivity contribution is 6.06. The molecule has 0 saturated heterocycles. The maximum Gasteiger partial charge on any atom is 0.265 e. The number of amides is 1. The van der Waals surface area contributed by atoms with Gasteiger partial charge in [-0.1, -0.05) is 12.1 Å². The summed E-state index contributed by atoms with van der Waals surface area (Å²) in [6.45, 7) is 0. The zero-order chi connectivity index (χ0) is 22.7. The Kier molecular flexibility index (Phi) is 5.76. The van der Waals surface area contributed by atoms with E-state index in [0.717, 1.165) is 0 Å². The fourth-order valence-electron chi connectivity index (χ4n) is 3.36. The van der Waals surface area contributed by atoms with E-state index in [9.17, 15) is 9.59 Å². The molecule has 0 aliphatic carbocycles. The summed E-state index contributed by atoms with van der Waals surface area (Å²) in [6, 6.07) is 17.0. The largest absolute Gasteiger partial charge is 0.497 e. The van der Waals surface area contributed by atoms with Crippen LogP contribution in [0.1, 0.15) is 10.4 Å². The fourth-order valence-corrected chi connectivity index (χ4v) is 3.36. The number of methoxy groups -OCH3 is 3. The first-order chi connectivity index (χ1) is 15.5. The maximum atomic E-state index is 13.2. The lowest BCUT2D eigenvalue weighted by Crippen LogP contribution is -2.20. The lowest BCUT2D eigenvalue weighted by atomic mass is 10.1. The van der Waals surface area contributed by atoms with Gasteiger partial charge in [0.25, 0.3) is 11.5 Å². The second kappa shape index (κ2) is 8.81. The Hall–Kier alpha value is -4.33. The van der Waals surface area contributed by atoms with Gasteiger partial charge in [0, 0.05) is 11.6 Å². The van der Waals surface area contributed by atoms with Crippen molar-refractivity contribution in [3.63, 3.8) is 0 Å². The van der Waals surface area contributed by atoms with Gasteiger partial charge < -0.3 is 19.5 Å². The maximum absolute atomic E-state index is 13.2. The van der Waals surface area contributed by atoms with Gasteiger partial charge in [-0.05, 0) is 42.5 Å². The van der Waals surface area contributed by atoms with Crippen LogP contribution in [-0.4, -0.2) is 36.8 Å². The normalized spacial score (nSPS) is 10.6. The number of carbonyl (C=O) groups is 1. The van der Waals surface area contributed by atoms with E-state index in [1.54, 1.807) is 61.7 Å². The third-order valence-corrected chi connectivity index (χ3v) is 5.02. The van der Waals surface area contributed by atoms with E-state index in [4.69, 9.17) is 14.2 Å². The van der Waals surface area contributed by atoms with Gasteiger partial charge in [-0.15, -0.1) is 0 Å². The van der Waals surface area contributed by atoms with E-state index < -0.39 is 0 Å². The minimum Gasteiger partial charge on any atom is -0.497 e. The molecular weight excluding hydrogens is 410 g/mol. The number of fused-ring (bicyclic) bond motifs is 1. The molecule has 0 aliphatic rings. The lowest BCUT2D eigenvalue weighted by Gasteiger charge is -2.13. The number of carbonyl (C=O) groups excluding carboxylic acids is 1. The molecule has 1 N–H and O–H groups in total. The topological polar surface area (TPSA) is 91.7 Å². The number of rotatable bonds is 6. The van der Waals surface area contributed by atoms with Crippen molar-refractivity contribution in [2.75, 3.05) is 26.6 Å². The van der Waals surface area contributed by atoms with Crippen molar-refractivity contribution < 1.29 is 19.0 Å². The van der Waals surface area contributed by atoms with Crippen LogP contribution in [0.3, 0.4) is 0 Å². The molecule has 162 valence electrons. The van der Waals surface area contributed by atoms with Crippen LogP contribution < -0.4 is 25.1 Å². The van der Waals surface area contributed by atoms with Gasteiger partial charge >= 0.3 is 0 Å². The predicted molar refractivity (Wildman–Crippen MR) is 121 cm³/mol. The summed E-state index contributed by atoms with van der Waals surface area (Å²) in [4.78, 5) is 30.3. The van der Waals surface area contributed by atoms with Gasteiger partial charge in [-0.3, -0.25) is 14.2 Å². The Morgan fingerprint density at radius 1 is 0.906 bits per heavy atom. The molecule has 1 heterocycles. The van der Waals surface area contributed by atoms with Crippen molar-refractivity contribution in [3.05, 3.63) is 82.9 Å². The average molecular weight is 431 g/mol. The third kappa shape index (κ3) is 3.85. The molecular formula is C24H21N3O5. The van der Waals surface area contributed by atoms with Crippen molar-refractivity contribution in [2.24, 2.45) is 0 Å². The molecule has 0 atom stereocenters. The molecule has 8 heteroatoms. The van der Waals surface area contributed by atoms with Gasteiger partial charge in [0.15, 0.2) is 0 Å². The summed E-state index contributed by atoms with van der Waals surface area (Å²) in [5, 5.41) is 3.18. The van der Waals surface area contributed by atoms with Gasteiger partial charge in [-0.25, -0.2) is 4.98 Å². The first-order valence-corrected chi connectivity index (χ1v) is 9.74. The molecule has 0 aliphatic heterocycles. The molecule has 0 unspecified atom stereocenters. The quantitative estimate of drug-likeness (QED) is 0.501. The van der Waals surface area contributed by atoms with Crippen molar-refractivity contribution in [2.45, 2.75) is 0 Å². The number of hydrogen-bond donors (Lipinski definition) is 1. The molecule has 0 fully saturated rings. The van der Waals surface area contributed by atoms with E-state index in [1.807, 2.05) is 6.07 Å². The second-order valence-corrected chi connectivity index (χ2v) is 6.84. The first-order valence-electron chi connectivity index (χ1n) is 9.74. The third-order valence-electron chi connectivity index (χ3n) is 5.02. The fraction of sp³-hybridized carbons (Fsp3) is 0.125. The van der Waals surface area contributed by atoms with Crippen LogP contribution in [0.15, 0.2) is 71.8 Å². The number of nitrogens with zero attached hydrogens (tertiary/aromatic N) is 2. The molecule has 4 aromatic rings. The number of hydrogen-bond acceptors (Lipinski definition) is 6. The Morgan fingerprint density at radius 3 is 2.44 bits per heavy atom.